The van der Waals surface area contributed by atoms with E-state index in [4.69, 9.17) is 4.74 Å². The zero-order chi connectivity index (χ0) is 53.0. The number of nitrogens with one attached hydrogen (secondary N) is 6. The molecule has 392 valence electrons. The third kappa shape index (κ3) is 16.8. The van der Waals surface area contributed by atoms with E-state index in [1.165, 1.54) is 17.0 Å². The van der Waals surface area contributed by atoms with Crippen LogP contribution >= 0.6 is 0 Å². The Bertz CT molecular complexity index is 2860. The molecule has 0 saturated carbocycles. The monoisotopic (exact) mass is 1030 g/mol. The minimum atomic E-state index is -4.49. The second kappa shape index (κ2) is 27.2. The highest BCUT2D eigenvalue weighted by Gasteiger charge is 2.31. The molecule has 0 unspecified atom stereocenters. The van der Waals surface area contributed by atoms with Gasteiger partial charge in [-0.15, -0.1) is 0 Å². The molecule has 5 aromatic carbocycles. The summed E-state index contributed by atoms with van der Waals surface area (Å²) in [7, 11) is -0.599. The molecule has 5 aromatic rings. The van der Waals surface area contributed by atoms with E-state index in [2.05, 4.69) is 42.1 Å². The summed E-state index contributed by atoms with van der Waals surface area (Å²) in [5.74, 6) is -3.77. The molecule has 1 aliphatic heterocycles. The average Bonchev–Trinajstić information content (AvgIpc) is 3.39. The number of carboxylic acid groups (broad SMARTS) is 1. The number of hydrogen-bond acceptors (Lipinski definition) is 13. The molecule has 0 radical (unpaired) electrons. The van der Waals surface area contributed by atoms with Gasteiger partial charge in [0.15, 0.2) is 0 Å². The first-order valence-electron chi connectivity index (χ1n) is 24.1. The molecule has 6 amide bonds. The molecule has 1 aliphatic rings. The number of morpholine rings is 1. The van der Waals surface area contributed by atoms with E-state index in [1.807, 2.05) is 43.3 Å². The van der Waals surface area contributed by atoms with Gasteiger partial charge in [0, 0.05) is 87.4 Å². The second-order valence-corrected chi connectivity index (χ2v) is 19.0. The molecule has 1 fully saturated rings. The fraction of sp³-hybridized carbons (Fsp3) is 0.346. The normalized spacial score (nSPS) is 13.8. The van der Waals surface area contributed by atoms with E-state index >= 15 is 0 Å². The van der Waals surface area contributed by atoms with Crippen LogP contribution in [0, 0.1) is 0 Å². The first-order chi connectivity index (χ1) is 35.5. The Morgan fingerprint density at radius 1 is 0.676 bits per heavy atom. The number of hydrogen-bond donors (Lipinski definition) is 8. The summed E-state index contributed by atoms with van der Waals surface area (Å²) in [5.41, 5.74) is 3.91. The standard InChI is InChI=1S/C52H62N10O11S/c1-61(2)39-23-21-38(22-24-39)60-59-37-19-17-36(18-20-37)48(64)55-27-7-6-14-44(51(67)68)57-49(65)43(56-50(66)45(34-35-10-4-3-5-11-35)58-52(69)62-30-32-73-33-31-62)25-26-47(63)54-29-28-53-42-15-8-13-41-40(42)12-9-16-46(41)74(70,71)72/h3-5,8-13,15-24,43-45,53H,6-7,14,25-34H2,1-2H3,(H,54,63)(H,55,64)(H,56,66)(H,57,65)(H,58,69)(H,67,68)(H,70,71,72)/t43-,44-,45-/m0/s1. The van der Waals surface area contributed by atoms with Crippen LogP contribution in [-0.4, -0.2) is 137 Å². The highest BCUT2D eigenvalue weighted by atomic mass is 32.2. The van der Waals surface area contributed by atoms with Crippen LogP contribution in [0.4, 0.5) is 27.5 Å². The maximum Gasteiger partial charge on any atom is 0.326 e. The van der Waals surface area contributed by atoms with Crippen molar-refractivity contribution in [2.24, 2.45) is 10.2 Å². The minimum absolute atomic E-state index is 0.0251. The van der Waals surface area contributed by atoms with Gasteiger partial charge >= 0.3 is 12.0 Å². The number of amides is 6. The number of azo groups is 1. The van der Waals surface area contributed by atoms with Gasteiger partial charge in [-0.25, -0.2) is 9.59 Å². The Morgan fingerprint density at radius 3 is 1.97 bits per heavy atom. The molecule has 6 rings (SSSR count). The van der Waals surface area contributed by atoms with Crippen LogP contribution in [0.25, 0.3) is 10.8 Å². The quantitative estimate of drug-likeness (QED) is 0.0213. The van der Waals surface area contributed by atoms with Gasteiger partial charge in [0.2, 0.25) is 17.7 Å². The summed E-state index contributed by atoms with van der Waals surface area (Å²) in [4.78, 5) is 83.4. The second-order valence-electron chi connectivity index (χ2n) is 17.6. The molecule has 3 atom stereocenters. The number of benzene rings is 5. The Balaban J connectivity index is 1.05. The van der Waals surface area contributed by atoms with E-state index in [0.29, 0.717) is 71.7 Å². The number of unbranched alkanes of at least 4 members (excludes halogenated alkanes) is 1. The van der Waals surface area contributed by atoms with Gasteiger partial charge in [0.05, 0.1) is 24.6 Å². The maximum atomic E-state index is 14.1. The van der Waals surface area contributed by atoms with Crippen molar-refractivity contribution in [3.63, 3.8) is 0 Å². The van der Waals surface area contributed by atoms with Gasteiger partial charge in [-0.05, 0) is 91.9 Å². The number of carboxylic acids is 1. The number of nitrogens with zero attached hydrogens (tertiary/aromatic N) is 4. The number of fused-ring (bicyclic) bond motifs is 1. The molecule has 22 heteroatoms. The smallest absolute Gasteiger partial charge is 0.326 e. The Morgan fingerprint density at radius 2 is 1.31 bits per heavy atom. The van der Waals surface area contributed by atoms with Crippen LogP contribution in [0.3, 0.4) is 0 Å². The number of ether oxygens (including phenoxy) is 1. The van der Waals surface area contributed by atoms with E-state index in [1.54, 1.807) is 78.9 Å². The maximum absolute atomic E-state index is 14.1. The largest absolute Gasteiger partial charge is 0.480 e. The fourth-order valence-electron chi connectivity index (χ4n) is 7.95. The summed E-state index contributed by atoms with van der Waals surface area (Å²) >= 11 is 0. The van der Waals surface area contributed by atoms with Crippen LogP contribution in [-0.2, 0) is 40.5 Å². The van der Waals surface area contributed by atoms with E-state index in [-0.39, 0.29) is 62.5 Å². The van der Waals surface area contributed by atoms with Gasteiger partial charge < -0.3 is 51.5 Å². The SMILES string of the molecule is CN(C)c1ccc(N=Nc2ccc(C(=O)NCCCC[C@H](NC(=O)[C@H](CCC(=O)NCCNc3cccc4c(S(=O)(=O)O)cccc34)NC(=O)[C@H](Cc3ccccc3)NC(=O)N3CCOCC3)C(=O)O)cc2)cc1. The third-order valence-electron chi connectivity index (χ3n) is 12.0. The van der Waals surface area contributed by atoms with E-state index in [9.17, 15) is 46.8 Å². The Hall–Kier alpha value is -7.95. The molecular formula is C52H62N10O11S. The zero-order valence-corrected chi connectivity index (χ0v) is 42.0. The van der Waals surface area contributed by atoms with Gasteiger partial charge in [-0.1, -0.05) is 54.6 Å². The van der Waals surface area contributed by atoms with Crippen LogP contribution < -0.4 is 36.8 Å². The van der Waals surface area contributed by atoms with Gasteiger partial charge in [0.25, 0.3) is 16.0 Å². The Labute approximate surface area is 429 Å². The van der Waals surface area contributed by atoms with Gasteiger partial charge in [-0.2, -0.15) is 18.6 Å². The predicted octanol–water partition coefficient (Wildman–Crippen LogP) is 5.18. The molecule has 8 N–H and O–H groups in total. The number of carbonyl (C=O) groups is 6. The van der Waals surface area contributed by atoms with Gasteiger partial charge in [0.1, 0.15) is 23.0 Å². The topological polar surface area (TPSA) is 290 Å². The number of anilines is 2. The third-order valence-corrected chi connectivity index (χ3v) is 12.9. The van der Waals surface area contributed by atoms with Crippen molar-refractivity contribution in [2.75, 3.05) is 70.2 Å². The average molecular weight is 1040 g/mol. The molecule has 0 spiro atoms. The molecule has 74 heavy (non-hydrogen) atoms. The molecule has 0 bridgehead atoms. The van der Waals surface area contributed by atoms with Crippen molar-refractivity contribution in [3.05, 3.63) is 126 Å². The van der Waals surface area contributed by atoms with Gasteiger partial charge in [-0.3, -0.25) is 23.7 Å². The van der Waals surface area contributed by atoms with E-state index in [0.717, 1.165) is 5.69 Å². The zero-order valence-electron chi connectivity index (χ0n) is 41.2. The van der Waals surface area contributed by atoms with Crippen molar-refractivity contribution < 1.29 is 51.6 Å². The van der Waals surface area contributed by atoms with Crippen LogP contribution in [0.5, 0.6) is 0 Å². The highest BCUT2D eigenvalue weighted by Crippen LogP contribution is 2.29. The van der Waals surface area contributed by atoms with Crippen molar-refractivity contribution in [1.82, 2.24) is 31.5 Å². The lowest BCUT2D eigenvalue weighted by Crippen LogP contribution is -2.58. The lowest BCUT2D eigenvalue weighted by Gasteiger charge is -2.30. The molecular weight excluding hydrogens is 973 g/mol. The highest BCUT2D eigenvalue weighted by molar-refractivity contribution is 7.86. The number of aliphatic carboxylic acids is 1. The molecule has 1 heterocycles. The summed E-state index contributed by atoms with van der Waals surface area (Å²) < 4.78 is 39.0. The first-order valence-corrected chi connectivity index (χ1v) is 25.6. The van der Waals surface area contributed by atoms with E-state index < -0.39 is 58.0 Å². The number of urea groups is 1. The summed E-state index contributed by atoms with van der Waals surface area (Å²) in [5, 5.41) is 36.2. The fourth-order valence-corrected chi connectivity index (χ4v) is 8.66. The van der Waals surface area contributed by atoms with Crippen molar-refractivity contribution in [1.29, 1.82) is 0 Å². The molecule has 21 nitrogen and oxygen atoms in total. The van der Waals surface area contributed by atoms with Crippen LogP contribution in [0.2, 0.25) is 0 Å². The minimum Gasteiger partial charge on any atom is -0.480 e. The summed E-state index contributed by atoms with van der Waals surface area (Å²) in [6, 6.07) is 27.9. The number of carbonyl (C=O) groups excluding carboxylic acids is 5. The lowest BCUT2D eigenvalue weighted by molar-refractivity contribution is -0.142. The summed E-state index contributed by atoms with van der Waals surface area (Å²) in [6.07, 6.45) is 0.160. The molecule has 0 aromatic heterocycles. The van der Waals surface area contributed by atoms with Crippen molar-refractivity contribution >= 4 is 79.3 Å². The lowest BCUT2D eigenvalue weighted by atomic mass is 10.0. The van der Waals surface area contributed by atoms with Crippen LogP contribution in [0.15, 0.2) is 130 Å². The van der Waals surface area contributed by atoms with Crippen molar-refractivity contribution in [2.45, 2.75) is 61.5 Å². The van der Waals surface area contributed by atoms with Crippen molar-refractivity contribution in [3.8, 4) is 0 Å². The first kappa shape index (κ1) is 55.4. The molecule has 1 saturated heterocycles. The Kier molecular flexibility index (Phi) is 20.4. The predicted molar refractivity (Wildman–Crippen MR) is 278 cm³/mol. The summed E-state index contributed by atoms with van der Waals surface area (Å²) in [6.45, 7) is 1.75. The number of rotatable bonds is 25. The molecule has 0 aliphatic carbocycles. The van der Waals surface area contributed by atoms with Crippen LogP contribution in [0.1, 0.15) is 48.0 Å².